The molecule has 0 unspecified atom stereocenters. The largest absolute Gasteiger partial charge is 0.426 e. The quantitative estimate of drug-likeness (QED) is 0.537. The second kappa shape index (κ2) is 3.42. The fourth-order valence-corrected chi connectivity index (χ4v) is 1.31. The van der Waals surface area contributed by atoms with Gasteiger partial charge in [-0.1, -0.05) is 18.2 Å². The average molecular weight is 190 g/mol. The Balaban J connectivity index is 2.02. The predicted octanol–water partition coefficient (Wildman–Crippen LogP) is 1.66. The molecule has 1 N–H and O–H groups in total. The third-order valence-electron chi connectivity index (χ3n) is 2.58. The van der Waals surface area contributed by atoms with E-state index in [1.807, 2.05) is 18.2 Å². The molecule has 1 fully saturated rings. The van der Waals surface area contributed by atoms with Crippen LogP contribution >= 0.6 is 0 Å². The van der Waals surface area contributed by atoms with Gasteiger partial charge in [0.2, 0.25) is 0 Å². The van der Waals surface area contributed by atoms with Crippen LogP contribution in [-0.2, 0) is 4.79 Å². The Morgan fingerprint density at radius 3 is 2.50 bits per heavy atom. The first-order valence-electron chi connectivity index (χ1n) is 4.69. The number of benzene rings is 1. The molecule has 0 bridgehead atoms. The molecule has 1 radical (unpaired) electrons. The summed E-state index contributed by atoms with van der Waals surface area (Å²) in [4.78, 5) is 11.6. The highest BCUT2D eigenvalue weighted by Gasteiger charge is 2.50. The number of rotatable bonds is 3. The topological polar surface area (TPSA) is 50.1 Å². The lowest BCUT2D eigenvalue weighted by Crippen LogP contribution is -2.25. The number of carbonyl (C=O) groups excluding carboxylic acids is 1. The lowest BCUT2D eigenvalue weighted by atomic mass is 10.1. The molecule has 1 aliphatic rings. The summed E-state index contributed by atoms with van der Waals surface area (Å²) in [6.07, 6.45) is 1.59. The highest BCUT2D eigenvalue weighted by atomic mass is 16.5. The summed E-state index contributed by atoms with van der Waals surface area (Å²) >= 11 is 0. The molecule has 0 heterocycles. The van der Waals surface area contributed by atoms with E-state index in [0.717, 1.165) is 12.8 Å². The lowest BCUT2D eigenvalue weighted by molar-refractivity contribution is -0.140. The van der Waals surface area contributed by atoms with E-state index in [9.17, 15) is 4.79 Å². The van der Waals surface area contributed by atoms with Crippen molar-refractivity contribution in [3.8, 4) is 5.75 Å². The van der Waals surface area contributed by atoms with Crippen LogP contribution in [0.2, 0.25) is 0 Å². The zero-order valence-corrected chi connectivity index (χ0v) is 7.82. The zero-order chi connectivity index (χ0) is 10.0. The number of hydrogen-bond acceptors (Lipinski definition) is 2. The van der Waals surface area contributed by atoms with Crippen LogP contribution in [0, 0.1) is 5.41 Å². The SMILES string of the molecule is [NH]CC1(C(=O)Oc2ccccc2)CC1. The first-order chi connectivity index (χ1) is 6.77. The molecule has 0 saturated heterocycles. The number of para-hydroxylation sites is 1. The molecule has 0 aliphatic heterocycles. The summed E-state index contributed by atoms with van der Waals surface area (Å²) < 4.78 is 5.17. The lowest BCUT2D eigenvalue weighted by Gasteiger charge is -2.10. The van der Waals surface area contributed by atoms with Crippen LogP contribution in [-0.4, -0.2) is 12.5 Å². The van der Waals surface area contributed by atoms with Crippen molar-refractivity contribution in [3.05, 3.63) is 30.3 Å². The summed E-state index contributed by atoms with van der Waals surface area (Å²) in [5.41, 5.74) is 6.77. The van der Waals surface area contributed by atoms with E-state index < -0.39 is 5.41 Å². The molecule has 0 amide bonds. The van der Waals surface area contributed by atoms with E-state index in [1.165, 1.54) is 0 Å². The van der Waals surface area contributed by atoms with E-state index in [0.29, 0.717) is 5.75 Å². The maximum Gasteiger partial charge on any atom is 0.318 e. The molecule has 1 saturated carbocycles. The van der Waals surface area contributed by atoms with Crippen molar-refractivity contribution >= 4 is 5.97 Å². The molecule has 0 atom stereocenters. The van der Waals surface area contributed by atoms with Crippen molar-refractivity contribution in [1.29, 1.82) is 0 Å². The van der Waals surface area contributed by atoms with Crippen molar-refractivity contribution in [2.45, 2.75) is 12.8 Å². The van der Waals surface area contributed by atoms with Gasteiger partial charge in [0.25, 0.3) is 0 Å². The Hall–Kier alpha value is -1.35. The summed E-state index contributed by atoms with van der Waals surface area (Å²) in [5.74, 6) is 0.316. The van der Waals surface area contributed by atoms with Crippen molar-refractivity contribution < 1.29 is 9.53 Å². The molecule has 3 nitrogen and oxygen atoms in total. The summed E-state index contributed by atoms with van der Waals surface area (Å²) in [6, 6.07) is 9.01. The third-order valence-corrected chi connectivity index (χ3v) is 2.58. The van der Waals surface area contributed by atoms with Crippen LogP contribution in [0.15, 0.2) is 30.3 Å². The van der Waals surface area contributed by atoms with Crippen molar-refractivity contribution in [2.24, 2.45) is 5.41 Å². The highest BCUT2D eigenvalue weighted by molar-refractivity contribution is 5.82. The molecule has 73 valence electrons. The number of nitrogens with one attached hydrogen (secondary N) is 1. The maximum atomic E-state index is 11.6. The number of esters is 1. The maximum absolute atomic E-state index is 11.6. The molecule has 0 aromatic heterocycles. The second-order valence-corrected chi connectivity index (χ2v) is 3.66. The average Bonchev–Trinajstić information content (AvgIpc) is 3.00. The summed E-state index contributed by atoms with van der Waals surface area (Å²) in [5, 5.41) is 0. The molecule has 14 heavy (non-hydrogen) atoms. The van der Waals surface area contributed by atoms with Gasteiger partial charge >= 0.3 is 5.97 Å². The van der Waals surface area contributed by atoms with Crippen molar-refractivity contribution in [3.63, 3.8) is 0 Å². The van der Waals surface area contributed by atoms with Gasteiger partial charge in [0.1, 0.15) is 5.75 Å². The van der Waals surface area contributed by atoms with Gasteiger partial charge in [0.15, 0.2) is 0 Å². The van der Waals surface area contributed by atoms with Crippen LogP contribution in [0.4, 0.5) is 0 Å². The van der Waals surface area contributed by atoms with E-state index in [4.69, 9.17) is 10.5 Å². The van der Waals surface area contributed by atoms with Gasteiger partial charge < -0.3 is 4.74 Å². The van der Waals surface area contributed by atoms with Crippen LogP contribution in [0.25, 0.3) is 0 Å². The first-order valence-corrected chi connectivity index (χ1v) is 4.69. The Labute approximate surface area is 82.9 Å². The minimum atomic E-state index is -0.490. The summed E-state index contributed by atoms with van der Waals surface area (Å²) in [6.45, 7) is 0.138. The van der Waals surface area contributed by atoms with Crippen LogP contribution in [0.1, 0.15) is 12.8 Å². The number of hydrogen-bond donors (Lipinski definition) is 0. The Morgan fingerprint density at radius 2 is 2.00 bits per heavy atom. The van der Waals surface area contributed by atoms with Gasteiger partial charge in [-0.05, 0) is 25.0 Å². The van der Waals surface area contributed by atoms with Gasteiger partial charge in [-0.15, -0.1) is 0 Å². The third kappa shape index (κ3) is 1.63. The van der Waals surface area contributed by atoms with Gasteiger partial charge in [0.05, 0.1) is 5.41 Å². The van der Waals surface area contributed by atoms with Gasteiger partial charge in [0, 0.05) is 6.54 Å². The smallest absolute Gasteiger partial charge is 0.318 e. The van der Waals surface area contributed by atoms with E-state index in [2.05, 4.69) is 0 Å². The molecule has 3 heteroatoms. The number of ether oxygens (including phenoxy) is 1. The van der Waals surface area contributed by atoms with Gasteiger partial charge in [-0.3, -0.25) is 10.5 Å². The monoisotopic (exact) mass is 190 g/mol. The minimum Gasteiger partial charge on any atom is -0.426 e. The molecular weight excluding hydrogens is 178 g/mol. The predicted molar refractivity (Wildman–Crippen MR) is 51.7 cm³/mol. The fourth-order valence-electron chi connectivity index (χ4n) is 1.31. The van der Waals surface area contributed by atoms with Crippen molar-refractivity contribution in [2.75, 3.05) is 6.54 Å². The zero-order valence-electron chi connectivity index (χ0n) is 7.82. The summed E-state index contributed by atoms with van der Waals surface area (Å²) in [7, 11) is 0. The molecule has 1 aliphatic carbocycles. The minimum absolute atomic E-state index is 0.138. The highest BCUT2D eigenvalue weighted by Crippen LogP contribution is 2.45. The molecule has 1 aromatic carbocycles. The van der Waals surface area contributed by atoms with Crippen LogP contribution in [0.3, 0.4) is 0 Å². The molecular formula is C11H12NO2. The second-order valence-electron chi connectivity index (χ2n) is 3.66. The van der Waals surface area contributed by atoms with E-state index in [-0.39, 0.29) is 12.5 Å². The fraction of sp³-hybridized carbons (Fsp3) is 0.364. The number of carbonyl (C=O) groups is 1. The molecule has 1 aromatic rings. The van der Waals surface area contributed by atoms with Gasteiger partial charge in [-0.2, -0.15) is 0 Å². The molecule has 0 spiro atoms. The Bertz CT molecular complexity index is 330. The van der Waals surface area contributed by atoms with Crippen LogP contribution < -0.4 is 10.5 Å². The van der Waals surface area contributed by atoms with E-state index >= 15 is 0 Å². The van der Waals surface area contributed by atoms with E-state index in [1.54, 1.807) is 12.1 Å². The first kappa shape index (κ1) is 9.21. The van der Waals surface area contributed by atoms with Crippen molar-refractivity contribution in [1.82, 2.24) is 5.73 Å². The van der Waals surface area contributed by atoms with Crippen LogP contribution in [0.5, 0.6) is 5.75 Å². The Kier molecular flexibility index (Phi) is 2.25. The standard InChI is InChI=1S/C11H12NO2/c12-8-11(6-7-11)10(13)14-9-4-2-1-3-5-9/h1-5,12H,6-8H2. The Morgan fingerprint density at radius 1 is 1.36 bits per heavy atom. The van der Waals surface area contributed by atoms with Gasteiger partial charge in [-0.25, -0.2) is 0 Å². The normalized spacial score (nSPS) is 17.5. The molecule has 2 rings (SSSR count).